The SMILES string of the molecule is COCCOC(=O)N1C(=O)C2(c3cc(C#CCn4nnc5ccccc54)ccc31)C(C(=O)N1CCc3cc(OC)c(OC)cc3C1)C1C(=O)OC(c3ccccc3)C(c3ccccc3)N1C2c1ccccc1OCCO. The number of aliphatic hydroxyl groups excluding tert-OH is 1. The largest absolute Gasteiger partial charge is 0.493 e. The summed E-state index contributed by atoms with van der Waals surface area (Å²) in [5, 5.41) is 18.8. The van der Waals surface area contributed by atoms with E-state index in [0.29, 0.717) is 40.1 Å². The fourth-order valence-corrected chi connectivity index (χ4v) is 11.7. The highest BCUT2D eigenvalue weighted by molar-refractivity contribution is 6.23. The number of carbonyl (C=O) groups excluding carboxylic acids is 4. The van der Waals surface area contributed by atoms with Crippen molar-refractivity contribution in [3.63, 3.8) is 0 Å². The smallest absolute Gasteiger partial charge is 0.421 e. The van der Waals surface area contributed by atoms with Crippen LogP contribution in [0, 0.1) is 17.8 Å². The monoisotopic (exact) mass is 1020 g/mol. The Bertz CT molecular complexity index is 3410. The quantitative estimate of drug-likeness (QED) is 0.0715. The number of anilines is 1. The lowest BCUT2D eigenvalue weighted by atomic mass is 9.64. The minimum atomic E-state index is -2.13. The van der Waals surface area contributed by atoms with Crippen LogP contribution < -0.4 is 19.1 Å². The van der Waals surface area contributed by atoms with Gasteiger partial charge in [0.25, 0.3) is 0 Å². The zero-order valence-corrected chi connectivity index (χ0v) is 42.0. The summed E-state index contributed by atoms with van der Waals surface area (Å²) in [6.07, 6.45) is -1.56. The number of benzene rings is 6. The Hall–Kier alpha value is -8.56. The van der Waals surface area contributed by atoms with E-state index < -0.39 is 59.4 Å². The van der Waals surface area contributed by atoms with Crippen molar-refractivity contribution in [1.29, 1.82) is 0 Å². The first-order chi connectivity index (χ1) is 37.2. The molecule has 1 aromatic heterocycles. The third-order valence-electron chi connectivity index (χ3n) is 14.9. The minimum absolute atomic E-state index is 0.0368. The van der Waals surface area contributed by atoms with E-state index in [1.165, 1.54) is 7.11 Å². The maximum atomic E-state index is 16.8. The van der Waals surface area contributed by atoms with Gasteiger partial charge in [0.2, 0.25) is 11.8 Å². The first-order valence-electron chi connectivity index (χ1n) is 25.1. The predicted molar refractivity (Wildman–Crippen MR) is 277 cm³/mol. The molecule has 6 unspecified atom stereocenters. The molecule has 0 aliphatic carbocycles. The topological polar surface area (TPSA) is 184 Å². The standard InChI is InChI=1S/C59H54N6O11/c1-71-31-32-75-58(70)64-45-25-24-37(15-14-27-63-46-22-12-11-21-44(46)60-61-63)33-43(45)59(57(64)69)50(55(67)62-28-26-40-34-48(72-2)49(73-3)35-41(40)36-62)52-56(68)76-53(39-18-8-5-9-19-39)51(38-16-6-4-7-17-38)65(52)54(59)42-20-10-13-23-47(42)74-30-29-66/h4-13,16-25,33-35,50-54,66H,26-32,36H2,1-3H3. The zero-order valence-electron chi connectivity index (χ0n) is 42.0. The first-order valence-corrected chi connectivity index (χ1v) is 25.1. The lowest BCUT2D eigenvalue weighted by Gasteiger charge is -2.46. The number of imide groups is 1. The molecule has 76 heavy (non-hydrogen) atoms. The molecule has 17 nitrogen and oxygen atoms in total. The van der Waals surface area contributed by atoms with E-state index in [-0.39, 0.29) is 63.1 Å². The summed E-state index contributed by atoms with van der Waals surface area (Å²) in [5.41, 5.74) is 3.76. The van der Waals surface area contributed by atoms with E-state index in [1.54, 1.807) is 66.3 Å². The van der Waals surface area contributed by atoms with Crippen LogP contribution in [0.15, 0.2) is 140 Å². The lowest BCUT2D eigenvalue weighted by molar-refractivity contribution is -0.179. The van der Waals surface area contributed by atoms with Gasteiger partial charge in [0.05, 0.1) is 56.6 Å². The number of ether oxygens (including phenoxy) is 6. The van der Waals surface area contributed by atoms with Crippen molar-refractivity contribution in [3.8, 4) is 29.1 Å². The van der Waals surface area contributed by atoms with Crippen LogP contribution in [0.4, 0.5) is 10.5 Å². The number of rotatable bonds is 13. The van der Waals surface area contributed by atoms with Crippen LogP contribution in [0.2, 0.25) is 0 Å². The summed E-state index contributed by atoms with van der Waals surface area (Å²) < 4.78 is 37.2. The first kappa shape index (κ1) is 49.6. The molecular formula is C59H54N6O11. The molecule has 1 spiro atoms. The second-order valence-corrected chi connectivity index (χ2v) is 18.9. The van der Waals surface area contributed by atoms with E-state index >= 15 is 14.4 Å². The number of carbonyl (C=O) groups is 4. The molecule has 5 heterocycles. The number of fused-ring (bicyclic) bond motifs is 5. The van der Waals surface area contributed by atoms with E-state index in [4.69, 9.17) is 28.4 Å². The van der Waals surface area contributed by atoms with Crippen molar-refractivity contribution in [2.45, 2.75) is 49.2 Å². The average Bonchev–Trinajstić information content (AvgIpc) is 4.09. The number of nitrogens with zero attached hydrogens (tertiary/aromatic N) is 6. The lowest BCUT2D eigenvalue weighted by Crippen LogP contribution is -2.57. The Morgan fingerprint density at radius 3 is 2.24 bits per heavy atom. The van der Waals surface area contributed by atoms with Crippen LogP contribution in [0.1, 0.15) is 57.1 Å². The summed E-state index contributed by atoms with van der Waals surface area (Å²) in [4.78, 5) is 68.7. The number of methoxy groups -OCH3 is 3. The van der Waals surface area contributed by atoms with E-state index in [9.17, 15) is 9.90 Å². The van der Waals surface area contributed by atoms with Crippen LogP contribution in [-0.2, 0) is 53.5 Å². The number of para-hydroxylation sites is 2. The Labute approximate surface area is 438 Å². The summed E-state index contributed by atoms with van der Waals surface area (Å²) in [5.74, 6) is 4.15. The Balaban J connectivity index is 1.19. The molecule has 6 atom stereocenters. The molecule has 7 aromatic rings. The fourth-order valence-electron chi connectivity index (χ4n) is 11.7. The Morgan fingerprint density at radius 1 is 0.776 bits per heavy atom. The summed E-state index contributed by atoms with van der Waals surface area (Å²) >= 11 is 0. The summed E-state index contributed by atoms with van der Waals surface area (Å²) in [6, 6.07) is 38.8. The molecule has 0 radical (unpaired) electrons. The predicted octanol–water partition coefficient (Wildman–Crippen LogP) is 6.90. The number of aliphatic hydroxyl groups is 1. The maximum absolute atomic E-state index is 16.8. The molecular weight excluding hydrogens is 969 g/mol. The normalized spacial score (nSPS) is 21.6. The third-order valence-corrected chi connectivity index (χ3v) is 14.9. The molecule has 0 saturated carbocycles. The van der Waals surface area contributed by atoms with E-state index in [2.05, 4.69) is 22.2 Å². The van der Waals surface area contributed by atoms with Crippen LogP contribution in [0.3, 0.4) is 0 Å². The van der Waals surface area contributed by atoms with Crippen molar-refractivity contribution < 1.29 is 52.7 Å². The molecule has 386 valence electrons. The number of esters is 1. The Morgan fingerprint density at radius 2 is 1.49 bits per heavy atom. The fraction of sp³-hybridized carbons (Fsp3) is 0.288. The molecule has 11 rings (SSSR count). The van der Waals surface area contributed by atoms with Crippen LogP contribution >= 0.6 is 0 Å². The van der Waals surface area contributed by atoms with Gasteiger partial charge in [0.1, 0.15) is 48.6 Å². The third kappa shape index (κ3) is 8.44. The van der Waals surface area contributed by atoms with Gasteiger partial charge in [-0.05, 0) is 82.8 Å². The second-order valence-electron chi connectivity index (χ2n) is 18.9. The van der Waals surface area contributed by atoms with Gasteiger partial charge in [0.15, 0.2) is 11.5 Å². The Kier molecular flexibility index (Phi) is 13.7. The van der Waals surface area contributed by atoms with Crippen LogP contribution in [-0.4, -0.2) is 114 Å². The van der Waals surface area contributed by atoms with E-state index in [0.717, 1.165) is 27.1 Å². The molecule has 17 heteroatoms. The van der Waals surface area contributed by atoms with Gasteiger partial charge in [0, 0.05) is 31.3 Å². The zero-order chi connectivity index (χ0) is 52.5. The minimum Gasteiger partial charge on any atom is -0.493 e. The van der Waals surface area contributed by atoms with E-state index in [1.807, 2.05) is 102 Å². The van der Waals surface area contributed by atoms with Crippen LogP contribution in [0.25, 0.3) is 11.0 Å². The average molecular weight is 1020 g/mol. The van der Waals surface area contributed by atoms with Crippen molar-refractivity contribution in [1.82, 2.24) is 24.8 Å². The van der Waals surface area contributed by atoms with Gasteiger partial charge in [-0.25, -0.2) is 14.4 Å². The van der Waals surface area contributed by atoms with Gasteiger partial charge in [-0.1, -0.05) is 108 Å². The van der Waals surface area contributed by atoms with Gasteiger partial charge in [-0.15, -0.1) is 5.10 Å². The molecule has 4 aliphatic heterocycles. The molecule has 1 N–H and O–H groups in total. The number of cyclic esters (lactones) is 1. The van der Waals surface area contributed by atoms with Gasteiger partial charge in [-0.2, -0.15) is 0 Å². The summed E-state index contributed by atoms with van der Waals surface area (Å²) in [6.45, 7) is -0.160. The van der Waals surface area contributed by atoms with Crippen LogP contribution in [0.5, 0.6) is 17.2 Å². The molecule has 4 aliphatic rings. The van der Waals surface area contributed by atoms with Gasteiger partial charge < -0.3 is 38.4 Å². The molecule has 6 aromatic carbocycles. The highest BCUT2D eigenvalue weighted by atomic mass is 16.6. The number of hydrogen-bond donors (Lipinski definition) is 1. The highest BCUT2D eigenvalue weighted by Gasteiger charge is 2.76. The molecule has 3 amide bonds. The molecule has 0 bridgehead atoms. The van der Waals surface area contributed by atoms with Crippen molar-refractivity contribution >= 4 is 40.6 Å². The number of amides is 3. The highest BCUT2D eigenvalue weighted by Crippen LogP contribution is 2.67. The molecule has 2 fully saturated rings. The summed E-state index contributed by atoms with van der Waals surface area (Å²) in [7, 11) is 4.57. The van der Waals surface area contributed by atoms with Crippen molar-refractivity contribution in [2.75, 3.05) is 59.2 Å². The van der Waals surface area contributed by atoms with Crippen molar-refractivity contribution in [2.24, 2.45) is 5.92 Å². The maximum Gasteiger partial charge on any atom is 0.421 e. The number of hydrogen-bond acceptors (Lipinski definition) is 14. The second kappa shape index (κ2) is 21.0. The number of aromatic nitrogens is 3. The van der Waals surface area contributed by atoms with Crippen molar-refractivity contribution in [3.05, 3.63) is 178 Å². The van der Waals surface area contributed by atoms with Gasteiger partial charge in [-0.3, -0.25) is 19.3 Å². The molecule has 2 saturated heterocycles. The number of morpholine rings is 1. The van der Waals surface area contributed by atoms with Gasteiger partial charge >= 0.3 is 12.1 Å².